The van der Waals surface area contributed by atoms with Crippen molar-refractivity contribution in [2.45, 2.75) is 13.1 Å². The first-order valence-corrected chi connectivity index (χ1v) is 11.6. The number of nitrogens with two attached hydrogens (primary N) is 2. The summed E-state index contributed by atoms with van der Waals surface area (Å²) in [7, 11) is 0. The average Bonchev–Trinajstić information content (AvgIpc) is 3.52. The molecule has 0 aliphatic rings. The van der Waals surface area contributed by atoms with Crippen LogP contribution in [0.5, 0.6) is 0 Å². The van der Waals surface area contributed by atoms with E-state index in [-0.39, 0.29) is 19.7 Å². The van der Waals surface area contributed by atoms with Gasteiger partial charge in [0.2, 0.25) is 0 Å². The quantitative estimate of drug-likeness (QED) is 0.0658. The molecule has 9 N–H and O–H groups in total. The van der Waals surface area contributed by atoms with Crippen LogP contribution in [0, 0.1) is 0 Å². The number of aromatic amines is 2. The number of aliphatic carboxylic acids is 1. The third kappa shape index (κ3) is 8.93. The van der Waals surface area contributed by atoms with Crippen LogP contribution in [0.25, 0.3) is 22.1 Å². The first-order valence-electron chi connectivity index (χ1n) is 11.6. The van der Waals surface area contributed by atoms with Gasteiger partial charge in [-0.3, -0.25) is 14.9 Å². The van der Waals surface area contributed by atoms with E-state index in [0.717, 1.165) is 33.7 Å². The number of benzene rings is 3. The van der Waals surface area contributed by atoms with Crippen LogP contribution < -0.4 is 22.1 Å². The molecule has 0 bridgehead atoms. The van der Waals surface area contributed by atoms with Gasteiger partial charge in [0, 0.05) is 0 Å². The second kappa shape index (κ2) is 14.6. The number of imidazole rings is 2. The number of nitrogen functional groups attached to an aromatic ring is 2. The Balaban J connectivity index is 0.000000195. The highest BCUT2D eigenvalue weighted by Gasteiger charge is 2.04. The summed E-state index contributed by atoms with van der Waals surface area (Å²) in [5, 5.41) is 13.7. The Bertz CT molecular complexity index is 1290. The van der Waals surface area contributed by atoms with Crippen molar-refractivity contribution in [1.82, 2.24) is 30.6 Å². The van der Waals surface area contributed by atoms with Gasteiger partial charge >= 0.3 is 5.97 Å². The lowest BCUT2D eigenvalue weighted by Crippen LogP contribution is -2.24. The Labute approximate surface area is 218 Å². The molecule has 0 saturated heterocycles. The summed E-state index contributed by atoms with van der Waals surface area (Å²) < 4.78 is 4.13. The standard InChI is InChI=1S/C16H15N5.C6H8N2.C4H7NO4/c1-2-6-12-11(5-1)18-15(19-12)9-17-10-16-20-13-7-3-4-8-14(13)21-16;7-5-3-1-2-4-6(5)8;6-3-9-2-5-1-4(7)8/h1-8,17H,9-10H2,(H,18,19)(H,20,21);1-4H,7-8H2;3,5H,1-2H2,(H,7,8). The lowest BCUT2D eigenvalue weighted by Gasteiger charge is -1.99. The van der Waals surface area contributed by atoms with Crippen LogP contribution >= 0.6 is 0 Å². The van der Waals surface area contributed by atoms with Gasteiger partial charge in [-0.1, -0.05) is 36.4 Å². The average molecular weight is 519 g/mol. The highest BCUT2D eigenvalue weighted by molar-refractivity contribution is 5.75. The summed E-state index contributed by atoms with van der Waals surface area (Å²) in [5.74, 6) is 0.893. The molecule has 2 heterocycles. The zero-order valence-corrected chi connectivity index (χ0v) is 20.6. The third-order valence-corrected chi connectivity index (χ3v) is 4.99. The number of nitrogens with one attached hydrogen (secondary N) is 4. The fourth-order valence-corrected chi connectivity index (χ4v) is 3.24. The molecule has 0 amide bonds. The lowest BCUT2D eigenvalue weighted by atomic mass is 10.3. The van der Waals surface area contributed by atoms with Crippen molar-refractivity contribution in [3.05, 3.63) is 84.4 Å². The number of carboxylic acids is 1. The molecule has 0 atom stereocenters. The van der Waals surface area contributed by atoms with E-state index in [1.54, 1.807) is 12.1 Å². The number of fused-ring (bicyclic) bond motifs is 2. The number of hydrogen-bond acceptors (Lipinski definition) is 9. The van der Waals surface area contributed by atoms with Crippen LogP contribution in [0.3, 0.4) is 0 Å². The molecule has 0 spiro atoms. The van der Waals surface area contributed by atoms with E-state index in [2.05, 4.69) is 35.3 Å². The van der Waals surface area contributed by atoms with Crippen LogP contribution in [0.1, 0.15) is 11.6 Å². The Morgan fingerprint density at radius 3 is 1.71 bits per heavy atom. The number of nitrogens with zero attached hydrogens (tertiary/aromatic N) is 2. The smallest absolute Gasteiger partial charge is 0.317 e. The van der Waals surface area contributed by atoms with Gasteiger partial charge in [0.25, 0.3) is 6.47 Å². The lowest BCUT2D eigenvalue weighted by molar-refractivity contribution is -0.137. The summed E-state index contributed by atoms with van der Waals surface area (Å²) in [6.07, 6.45) is 0. The Morgan fingerprint density at radius 1 is 0.816 bits per heavy atom. The van der Waals surface area contributed by atoms with Crippen molar-refractivity contribution in [2.24, 2.45) is 0 Å². The molecule has 3 aromatic carbocycles. The van der Waals surface area contributed by atoms with Crippen molar-refractivity contribution in [1.29, 1.82) is 0 Å². The number of rotatable bonds is 9. The van der Waals surface area contributed by atoms with Gasteiger partial charge in [-0.25, -0.2) is 9.97 Å². The molecule has 0 fully saturated rings. The van der Waals surface area contributed by atoms with E-state index in [0.29, 0.717) is 24.5 Å². The number of carboxylic acid groups (broad SMARTS) is 1. The second-order valence-corrected chi connectivity index (χ2v) is 7.86. The Kier molecular flexibility index (Phi) is 10.6. The second-order valence-electron chi connectivity index (χ2n) is 7.86. The topological polar surface area (TPSA) is 197 Å². The van der Waals surface area contributed by atoms with Gasteiger partial charge in [0.15, 0.2) is 0 Å². The fourth-order valence-electron chi connectivity index (χ4n) is 3.24. The van der Waals surface area contributed by atoms with E-state index >= 15 is 0 Å². The fraction of sp³-hybridized carbons (Fsp3) is 0.154. The minimum atomic E-state index is -0.982. The normalized spacial score (nSPS) is 10.2. The zero-order valence-electron chi connectivity index (χ0n) is 20.6. The molecule has 38 heavy (non-hydrogen) atoms. The van der Waals surface area contributed by atoms with Gasteiger partial charge < -0.3 is 36.6 Å². The molecule has 0 saturated carbocycles. The maximum atomic E-state index is 9.76. The van der Waals surface area contributed by atoms with E-state index < -0.39 is 5.97 Å². The highest BCUT2D eigenvalue weighted by atomic mass is 16.5. The Morgan fingerprint density at radius 2 is 1.29 bits per heavy atom. The van der Waals surface area contributed by atoms with Crippen LogP contribution in [-0.2, 0) is 27.4 Å². The van der Waals surface area contributed by atoms with Crippen molar-refractivity contribution < 1.29 is 19.4 Å². The van der Waals surface area contributed by atoms with Crippen molar-refractivity contribution >= 4 is 45.9 Å². The number of H-pyrrole nitrogens is 2. The molecular weight excluding hydrogens is 488 g/mol. The minimum Gasteiger partial charge on any atom is -0.480 e. The number of carbonyl (C=O) groups is 2. The van der Waals surface area contributed by atoms with Gasteiger partial charge in [0.1, 0.15) is 18.4 Å². The molecule has 0 radical (unpaired) electrons. The summed E-state index contributed by atoms with van der Waals surface area (Å²) in [6.45, 7) is 1.36. The largest absolute Gasteiger partial charge is 0.480 e. The van der Waals surface area contributed by atoms with Crippen LogP contribution in [0.2, 0.25) is 0 Å². The molecular formula is C26H30N8O4. The van der Waals surface area contributed by atoms with Crippen LogP contribution in [0.15, 0.2) is 72.8 Å². The highest BCUT2D eigenvalue weighted by Crippen LogP contribution is 2.12. The third-order valence-electron chi connectivity index (χ3n) is 4.99. The summed E-state index contributed by atoms with van der Waals surface area (Å²) in [5.41, 5.74) is 16.2. The molecule has 0 unspecified atom stereocenters. The predicted molar refractivity (Wildman–Crippen MR) is 146 cm³/mol. The summed E-state index contributed by atoms with van der Waals surface area (Å²) in [6, 6.07) is 23.3. The van der Waals surface area contributed by atoms with E-state index in [9.17, 15) is 9.59 Å². The molecule has 12 heteroatoms. The van der Waals surface area contributed by atoms with Gasteiger partial charge in [-0.2, -0.15) is 0 Å². The number of carbonyl (C=O) groups excluding carboxylic acids is 1. The number of para-hydroxylation sites is 6. The molecule has 12 nitrogen and oxygen atoms in total. The molecule has 0 aliphatic heterocycles. The molecule has 0 aliphatic carbocycles. The number of anilines is 2. The molecule has 5 rings (SSSR count). The van der Waals surface area contributed by atoms with Gasteiger partial charge in [-0.05, 0) is 36.4 Å². The van der Waals surface area contributed by atoms with Gasteiger partial charge in [-0.15, -0.1) is 0 Å². The number of hydrogen-bond donors (Lipinski definition) is 7. The predicted octanol–water partition coefficient (Wildman–Crippen LogP) is 2.37. The molecule has 198 valence electrons. The van der Waals surface area contributed by atoms with Gasteiger partial charge in [0.05, 0.1) is 53.1 Å². The molecule has 5 aromatic rings. The number of aromatic nitrogens is 4. The van der Waals surface area contributed by atoms with Crippen molar-refractivity contribution in [3.8, 4) is 0 Å². The van der Waals surface area contributed by atoms with Crippen molar-refractivity contribution in [2.75, 3.05) is 24.7 Å². The first-order chi connectivity index (χ1) is 18.5. The van der Waals surface area contributed by atoms with Crippen LogP contribution in [0.4, 0.5) is 11.4 Å². The van der Waals surface area contributed by atoms with E-state index in [1.165, 1.54) is 0 Å². The maximum absolute atomic E-state index is 9.76. The van der Waals surface area contributed by atoms with Crippen molar-refractivity contribution in [3.63, 3.8) is 0 Å². The maximum Gasteiger partial charge on any atom is 0.317 e. The summed E-state index contributed by atoms with van der Waals surface area (Å²) >= 11 is 0. The number of ether oxygens (including phenoxy) is 1. The summed E-state index contributed by atoms with van der Waals surface area (Å²) in [4.78, 5) is 34.9. The van der Waals surface area contributed by atoms with Crippen LogP contribution in [-0.4, -0.2) is 50.8 Å². The molecule has 2 aromatic heterocycles. The zero-order chi connectivity index (χ0) is 27.2. The first kappa shape index (κ1) is 27.6. The Hall–Kier alpha value is -4.94. The van der Waals surface area contributed by atoms with E-state index in [1.807, 2.05) is 60.7 Å². The minimum absolute atomic E-state index is 0.0597. The van der Waals surface area contributed by atoms with E-state index in [4.69, 9.17) is 16.6 Å². The monoisotopic (exact) mass is 518 g/mol. The SMILES string of the molecule is Nc1ccccc1N.O=COCNCC(=O)O.c1ccc2[nH]c(CNCc3nc4ccccc4[nH]3)nc2c1.